The third kappa shape index (κ3) is 1.86. The third-order valence-electron chi connectivity index (χ3n) is 2.34. The first-order valence-electron chi connectivity index (χ1n) is 4.52. The SMILES string of the molecule is Cc1c(-c2cccnc2)[nH]c(N)c1C#N.Cl. The average Bonchev–Trinajstić information content (AvgIpc) is 2.55. The van der Waals surface area contributed by atoms with Gasteiger partial charge in [-0.15, -0.1) is 12.4 Å². The van der Waals surface area contributed by atoms with Crippen molar-refractivity contribution in [3.05, 3.63) is 35.7 Å². The number of nitriles is 1. The Kier molecular flexibility index (Phi) is 3.54. The number of pyridine rings is 1. The average molecular weight is 235 g/mol. The zero-order valence-corrected chi connectivity index (χ0v) is 9.51. The molecule has 0 aromatic carbocycles. The summed E-state index contributed by atoms with van der Waals surface area (Å²) in [6.45, 7) is 1.87. The molecule has 0 saturated carbocycles. The lowest BCUT2D eigenvalue weighted by Crippen LogP contribution is -1.87. The Morgan fingerprint density at radius 1 is 1.50 bits per heavy atom. The number of H-pyrrole nitrogens is 1. The number of hydrogen-bond donors (Lipinski definition) is 2. The van der Waals surface area contributed by atoms with Crippen LogP contribution in [-0.4, -0.2) is 9.97 Å². The number of anilines is 1. The normalized spacial score (nSPS) is 9.25. The van der Waals surface area contributed by atoms with Crippen molar-refractivity contribution in [2.24, 2.45) is 0 Å². The van der Waals surface area contributed by atoms with Gasteiger partial charge in [0.2, 0.25) is 0 Å². The Morgan fingerprint density at radius 3 is 2.75 bits per heavy atom. The fourth-order valence-electron chi connectivity index (χ4n) is 1.56. The van der Waals surface area contributed by atoms with Crippen molar-refractivity contribution < 1.29 is 0 Å². The highest BCUT2D eigenvalue weighted by atomic mass is 35.5. The smallest absolute Gasteiger partial charge is 0.119 e. The predicted molar refractivity (Wildman–Crippen MR) is 65.1 cm³/mol. The van der Waals surface area contributed by atoms with Crippen LogP contribution in [0.3, 0.4) is 0 Å². The van der Waals surface area contributed by atoms with Crippen LogP contribution in [0.5, 0.6) is 0 Å². The molecular weight excluding hydrogens is 224 g/mol. The summed E-state index contributed by atoms with van der Waals surface area (Å²) in [5.74, 6) is 0.411. The standard InChI is InChI=1S/C11H10N4.ClH/c1-7-9(5-12)11(13)15-10(7)8-3-2-4-14-6-8;/h2-4,6,15H,13H2,1H3;1H. The van der Waals surface area contributed by atoms with Gasteiger partial charge >= 0.3 is 0 Å². The highest BCUT2D eigenvalue weighted by Gasteiger charge is 2.12. The van der Waals surface area contributed by atoms with Gasteiger partial charge in [0.1, 0.15) is 11.9 Å². The number of halogens is 1. The van der Waals surface area contributed by atoms with Crippen LogP contribution < -0.4 is 5.73 Å². The first-order valence-corrected chi connectivity index (χ1v) is 4.52. The maximum atomic E-state index is 8.89. The van der Waals surface area contributed by atoms with E-state index in [2.05, 4.69) is 16.0 Å². The number of aromatic amines is 1. The van der Waals surface area contributed by atoms with Crippen molar-refractivity contribution in [3.8, 4) is 17.3 Å². The highest BCUT2D eigenvalue weighted by Crippen LogP contribution is 2.27. The maximum Gasteiger partial charge on any atom is 0.119 e. The summed E-state index contributed by atoms with van der Waals surface area (Å²) in [6.07, 6.45) is 3.44. The summed E-state index contributed by atoms with van der Waals surface area (Å²) in [5, 5.41) is 8.89. The van der Waals surface area contributed by atoms with Gasteiger partial charge in [-0.05, 0) is 24.6 Å². The lowest BCUT2D eigenvalue weighted by molar-refractivity contribution is 1.30. The molecule has 3 N–H and O–H groups in total. The van der Waals surface area contributed by atoms with Gasteiger partial charge in [0.05, 0.1) is 11.3 Å². The van der Waals surface area contributed by atoms with Gasteiger partial charge in [-0.25, -0.2) is 0 Å². The maximum absolute atomic E-state index is 8.89. The van der Waals surface area contributed by atoms with Crippen molar-refractivity contribution in [3.63, 3.8) is 0 Å². The molecule has 2 heterocycles. The summed E-state index contributed by atoms with van der Waals surface area (Å²) >= 11 is 0. The molecule has 2 rings (SSSR count). The van der Waals surface area contributed by atoms with Crippen LogP contribution in [0, 0.1) is 18.3 Å². The summed E-state index contributed by atoms with van der Waals surface area (Å²) in [5.41, 5.74) is 8.86. The second-order valence-corrected chi connectivity index (χ2v) is 3.27. The first-order chi connectivity index (χ1) is 7.24. The summed E-state index contributed by atoms with van der Waals surface area (Å²) in [4.78, 5) is 7.02. The van der Waals surface area contributed by atoms with Crippen molar-refractivity contribution >= 4 is 18.2 Å². The fraction of sp³-hybridized carbons (Fsp3) is 0.0909. The number of rotatable bonds is 1. The molecule has 0 fully saturated rings. The van der Waals surface area contributed by atoms with Gasteiger partial charge in [0, 0.05) is 18.0 Å². The van der Waals surface area contributed by atoms with Crippen LogP contribution in [0.1, 0.15) is 11.1 Å². The molecule has 0 spiro atoms. The molecule has 5 heteroatoms. The van der Waals surface area contributed by atoms with Crippen LogP contribution in [0.15, 0.2) is 24.5 Å². The highest BCUT2D eigenvalue weighted by molar-refractivity contribution is 5.85. The molecule has 0 aliphatic rings. The van der Waals surface area contributed by atoms with Gasteiger partial charge in [-0.1, -0.05) is 0 Å². The van der Waals surface area contributed by atoms with Gasteiger partial charge in [-0.3, -0.25) is 4.98 Å². The summed E-state index contributed by atoms with van der Waals surface area (Å²) < 4.78 is 0. The number of aromatic nitrogens is 2. The van der Waals surface area contributed by atoms with Gasteiger partial charge < -0.3 is 10.7 Å². The minimum Gasteiger partial charge on any atom is -0.384 e. The molecule has 0 bridgehead atoms. The van der Waals surface area contributed by atoms with Crippen LogP contribution >= 0.6 is 12.4 Å². The number of nitrogens with zero attached hydrogens (tertiary/aromatic N) is 2. The molecule has 0 saturated heterocycles. The fourth-order valence-corrected chi connectivity index (χ4v) is 1.56. The molecule has 2 aromatic rings. The van der Waals surface area contributed by atoms with E-state index < -0.39 is 0 Å². The molecule has 16 heavy (non-hydrogen) atoms. The van der Waals surface area contributed by atoms with E-state index >= 15 is 0 Å². The van der Waals surface area contributed by atoms with E-state index in [-0.39, 0.29) is 12.4 Å². The molecule has 0 atom stereocenters. The number of hydrogen-bond acceptors (Lipinski definition) is 3. The van der Waals surface area contributed by atoms with Gasteiger partial charge in [0.25, 0.3) is 0 Å². The molecule has 0 amide bonds. The second kappa shape index (κ2) is 4.69. The summed E-state index contributed by atoms with van der Waals surface area (Å²) in [6, 6.07) is 5.85. The zero-order chi connectivity index (χ0) is 10.8. The lowest BCUT2D eigenvalue weighted by atomic mass is 10.1. The van der Waals surface area contributed by atoms with Crippen molar-refractivity contribution in [2.75, 3.05) is 5.73 Å². The number of nitrogens with one attached hydrogen (secondary N) is 1. The second-order valence-electron chi connectivity index (χ2n) is 3.27. The quantitative estimate of drug-likeness (QED) is 0.794. The minimum absolute atomic E-state index is 0. The molecule has 0 aliphatic heterocycles. The van der Waals surface area contributed by atoms with E-state index in [1.807, 2.05) is 19.1 Å². The van der Waals surface area contributed by atoms with Crippen LogP contribution in [0.2, 0.25) is 0 Å². The Labute approximate surface area is 99.5 Å². The molecule has 4 nitrogen and oxygen atoms in total. The largest absolute Gasteiger partial charge is 0.384 e. The number of nitrogens with two attached hydrogens (primary N) is 1. The molecule has 0 aliphatic carbocycles. The zero-order valence-electron chi connectivity index (χ0n) is 8.69. The molecular formula is C11H11ClN4. The Hall–Kier alpha value is -1.99. The van der Waals surface area contributed by atoms with E-state index in [0.29, 0.717) is 11.4 Å². The molecule has 82 valence electrons. The Bertz CT molecular complexity index is 525. The van der Waals surface area contributed by atoms with E-state index in [0.717, 1.165) is 16.8 Å². The predicted octanol–water partition coefficient (Wildman–Crippen LogP) is 2.26. The minimum atomic E-state index is 0. The van der Waals surface area contributed by atoms with E-state index in [9.17, 15) is 0 Å². The lowest BCUT2D eigenvalue weighted by Gasteiger charge is -1.98. The van der Waals surface area contributed by atoms with Crippen LogP contribution in [-0.2, 0) is 0 Å². The van der Waals surface area contributed by atoms with Crippen molar-refractivity contribution in [1.29, 1.82) is 5.26 Å². The Balaban J connectivity index is 0.00000128. The third-order valence-corrected chi connectivity index (χ3v) is 2.34. The summed E-state index contributed by atoms with van der Waals surface area (Å²) in [7, 11) is 0. The van der Waals surface area contributed by atoms with Crippen molar-refractivity contribution in [1.82, 2.24) is 9.97 Å². The first kappa shape index (κ1) is 12.1. The van der Waals surface area contributed by atoms with Crippen molar-refractivity contribution in [2.45, 2.75) is 6.92 Å². The molecule has 2 aromatic heterocycles. The topological polar surface area (TPSA) is 78.5 Å². The number of nitrogen functional groups attached to an aromatic ring is 1. The van der Waals surface area contributed by atoms with Gasteiger partial charge in [0.15, 0.2) is 0 Å². The monoisotopic (exact) mass is 234 g/mol. The van der Waals surface area contributed by atoms with E-state index in [1.54, 1.807) is 12.4 Å². The molecule has 0 unspecified atom stereocenters. The van der Waals surface area contributed by atoms with Crippen LogP contribution in [0.4, 0.5) is 5.82 Å². The van der Waals surface area contributed by atoms with Gasteiger partial charge in [-0.2, -0.15) is 5.26 Å². The van der Waals surface area contributed by atoms with Crippen LogP contribution in [0.25, 0.3) is 11.3 Å². The van der Waals surface area contributed by atoms with E-state index in [1.165, 1.54) is 0 Å². The Morgan fingerprint density at radius 2 is 2.25 bits per heavy atom. The molecule has 0 radical (unpaired) electrons. The van der Waals surface area contributed by atoms with E-state index in [4.69, 9.17) is 11.0 Å².